The van der Waals surface area contributed by atoms with E-state index in [-0.39, 0.29) is 0 Å². The van der Waals surface area contributed by atoms with Crippen LogP contribution < -0.4 is 3.53 Å². The molecule has 0 amide bonds. The normalized spacial score (nSPS) is 14.6. The quantitative estimate of drug-likeness (QED) is 0.575. The van der Waals surface area contributed by atoms with Gasteiger partial charge in [0, 0.05) is 29.4 Å². The molecule has 1 nitrogen and oxygen atoms in total. The lowest BCUT2D eigenvalue weighted by Gasteiger charge is -2.12. The smallest absolute Gasteiger partial charge is 0.0169 e. The van der Waals surface area contributed by atoms with E-state index in [2.05, 4.69) is 47.2 Å². The van der Waals surface area contributed by atoms with E-state index in [1.165, 1.54) is 0 Å². The summed E-state index contributed by atoms with van der Waals surface area (Å²) in [4.78, 5) is 0. The molecule has 8 heavy (non-hydrogen) atoms. The van der Waals surface area contributed by atoms with Crippen LogP contribution in [0.4, 0.5) is 0 Å². The first-order valence-electron chi connectivity index (χ1n) is 3.02. The molecule has 0 saturated heterocycles. The summed E-state index contributed by atoms with van der Waals surface area (Å²) < 4.78 is 3.12. The molecule has 0 aliphatic carbocycles. The highest BCUT2D eigenvalue weighted by Crippen LogP contribution is 2.07. The fourth-order valence-corrected chi connectivity index (χ4v) is 1.05. The topological polar surface area (TPSA) is 12.0 Å². The van der Waals surface area contributed by atoms with Gasteiger partial charge in [-0.3, -0.25) is 3.53 Å². The summed E-state index contributed by atoms with van der Waals surface area (Å²) in [6.45, 7) is 7.88. The van der Waals surface area contributed by atoms with Crippen molar-refractivity contribution in [3.05, 3.63) is 0 Å². The lowest BCUT2D eigenvalue weighted by atomic mass is 9.99. The van der Waals surface area contributed by atoms with Crippen LogP contribution in [0.2, 0.25) is 0 Å². The predicted octanol–water partition coefficient (Wildman–Crippen LogP) is 2.22. The predicted molar refractivity (Wildman–Crippen MR) is 46.0 cm³/mol. The molecule has 0 heterocycles. The van der Waals surface area contributed by atoms with E-state index >= 15 is 0 Å². The van der Waals surface area contributed by atoms with Crippen LogP contribution in [0.3, 0.4) is 0 Å². The van der Waals surface area contributed by atoms with Crippen LogP contribution in [0.5, 0.6) is 0 Å². The first-order chi connectivity index (χ1) is 3.68. The molecule has 2 heteroatoms. The van der Waals surface area contributed by atoms with Gasteiger partial charge in [-0.05, 0) is 11.8 Å². The minimum absolute atomic E-state index is 0.798. The van der Waals surface area contributed by atoms with Crippen molar-refractivity contribution in [2.75, 3.05) is 6.54 Å². The molecule has 0 aromatic rings. The summed E-state index contributed by atoms with van der Waals surface area (Å²) >= 11 is 2.19. The Balaban J connectivity index is 3.17. The summed E-state index contributed by atoms with van der Waals surface area (Å²) in [5, 5.41) is 0. The zero-order chi connectivity index (χ0) is 6.57. The molecule has 1 unspecified atom stereocenters. The van der Waals surface area contributed by atoms with Crippen molar-refractivity contribution >= 4 is 22.9 Å². The lowest BCUT2D eigenvalue weighted by molar-refractivity contribution is 0.424. The van der Waals surface area contributed by atoms with Gasteiger partial charge in [0.05, 0.1) is 0 Å². The molecule has 1 atom stereocenters. The first kappa shape index (κ1) is 8.69. The van der Waals surface area contributed by atoms with Crippen molar-refractivity contribution in [2.45, 2.75) is 20.8 Å². The highest BCUT2D eigenvalue weighted by atomic mass is 127. The maximum absolute atomic E-state index is 3.12. The molecule has 0 aliphatic rings. The zero-order valence-corrected chi connectivity index (χ0v) is 7.90. The summed E-state index contributed by atoms with van der Waals surface area (Å²) in [5.74, 6) is 1.60. The van der Waals surface area contributed by atoms with Crippen LogP contribution in [0.15, 0.2) is 0 Å². The summed E-state index contributed by atoms with van der Waals surface area (Å²) in [7, 11) is 0. The Hall–Kier alpha value is 0.690. The molecule has 0 rings (SSSR count). The van der Waals surface area contributed by atoms with Crippen LogP contribution in [0, 0.1) is 11.8 Å². The number of nitrogens with one attached hydrogen (secondary N) is 1. The van der Waals surface area contributed by atoms with Gasteiger partial charge in [0.1, 0.15) is 0 Å². The fourth-order valence-electron chi connectivity index (χ4n) is 0.357. The van der Waals surface area contributed by atoms with Gasteiger partial charge in [-0.2, -0.15) is 0 Å². The van der Waals surface area contributed by atoms with E-state index in [4.69, 9.17) is 0 Å². The van der Waals surface area contributed by atoms with Gasteiger partial charge in [-0.25, -0.2) is 0 Å². The SMILES string of the molecule is CC(C)C(C)CNI. The van der Waals surface area contributed by atoms with Gasteiger partial charge in [-0.15, -0.1) is 0 Å². The number of rotatable bonds is 3. The molecule has 1 N–H and O–H groups in total. The van der Waals surface area contributed by atoms with E-state index in [1.54, 1.807) is 0 Å². The Kier molecular flexibility index (Phi) is 4.95. The van der Waals surface area contributed by atoms with Crippen molar-refractivity contribution < 1.29 is 0 Å². The van der Waals surface area contributed by atoms with E-state index in [0.29, 0.717) is 0 Å². The van der Waals surface area contributed by atoms with Gasteiger partial charge < -0.3 is 0 Å². The summed E-state index contributed by atoms with van der Waals surface area (Å²) in [5.41, 5.74) is 0. The van der Waals surface area contributed by atoms with Gasteiger partial charge >= 0.3 is 0 Å². The van der Waals surface area contributed by atoms with Gasteiger partial charge in [0.2, 0.25) is 0 Å². The van der Waals surface area contributed by atoms with Crippen LogP contribution in [0.25, 0.3) is 0 Å². The lowest BCUT2D eigenvalue weighted by Crippen LogP contribution is -2.16. The Labute approximate surface area is 65.7 Å². The third-order valence-corrected chi connectivity index (χ3v) is 1.98. The third kappa shape index (κ3) is 3.66. The third-order valence-electron chi connectivity index (χ3n) is 1.54. The molecule has 0 aliphatic heterocycles. The molecule has 0 bridgehead atoms. The second kappa shape index (κ2) is 4.56. The highest BCUT2D eigenvalue weighted by molar-refractivity contribution is 14.1. The van der Waals surface area contributed by atoms with Crippen LogP contribution in [-0.2, 0) is 0 Å². The molecule has 0 radical (unpaired) electrons. The molecule has 0 spiro atoms. The van der Waals surface area contributed by atoms with Crippen LogP contribution >= 0.6 is 22.9 Å². The fraction of sp³-hybridized carbons (Fsp3) is 1.00. The standard InChI is InChI=1S/C6H14IN/c1-5(2)6(3)4-8-7/h5-6,8H,4H2,1-3H3. The average molecular weight is 227 g/mol. The molecule has 0 aromatic carbocycles. The molecule has 0 fully saturated rings. The van der Waals surface area contributed by atoms with E-state index in [9.17, 15) is 0 Å². The maximum atomic E-state index is 3.12. The summed E-state index contributed by atoms with van der Waals surface area (Å²) in [6.07, 6.45) is 0. The van der Waals surface area contributed by atoms with E-state index in [1.807, 2.05) is 0 Å². The average Bonchev–Trinajstić information content (AvgIpc) is 1.67. The minimum atomic E-state index is 0.798. The summed E-state index contributed by atoms with van der Waals surface area (Å²) in [6, 6.07) is 0. The zero-order valence-electron chi connectivity index (χ0n) is 5.74. The second-order valence-corrected chi connectivity index (χ2v) is 3.32. The number of hydrogen-bond donors (Lipinski definition) is 1. The largest absolute Gasteiger partial charge is 0.261 e. The van der Waals surface area contributed by atoms with Gasteiger partial charge in [0.25, 0.3) is 0 Å². The van der Waals surface area contributed by atoms with Crippen LogP contribution in [0.1, 0.15) is 20.8 Å². The first-order valence-corrected chi connectivity index (χ1v) is 4.09. The molecule has 50 valence electrons. The monoisotopic (exact) mass is 227 g/mol. The van der Waals surface area contributed by atoms with Crippen molar-refractivity contribution in [3.8, 4) is 0 Å². The van der Waals surface area contributed by atoms with E-state index in [0.717, 1.165) is 18.4 Å². The molecular formula is C6H14IN. The van der Waals surface area contributed by atoms with Crippen molar-refractivity contribution in [2.24, 2.45) is 11.8 Å². The molecular weight excluding hydrogens is 213 g/mol. The van der Waals surface area contributed by atoms with Crippen LogP contribution in [-0.4, -0.2) is 6.54 Å². The Morgan fingerprint density at radius 3 is 2.00 bits per heavy atom. The maximum Gasteiger partial charge on any atom is 0.0169 e. The minimum Gasteiger partial charge on any atom is -0.261 e. The Morgan fingerprint density at radius 2 is 1.88 bits per heavy atom. The van der Waals surface area contributed by atoms with Crippen molar-refractivity contribution in [1.29, 1.82) is 0 Å². The highest BCUT2D eigenvalue weighted by Gasteiger charge is 2.03. The molecule has 0 aromatic heterocycles. The Bertz CT molecular complexity index is 54.5. The molecule has 0 saturated carbocycles. The van der Waals surface area contributed by atoms with Crippen molar-refractivity contribution in [1.82, 2.24) is 3.53 Å². The number of hydrogen-bond acceptors (Lipinski definition) is 1. The second-order valence-electron chi connectivity index (χ2n) is 2.56. The van der Waals surface area contributed by atoms with E-state index < -0.39 is 0 Å². The van der Waals surface area contributed by atoms with Crippen molar-refractivity contribution in [3.63, 3.8) is 0 Å². The Morgan fingerprint density at radius 1 is 1.38 bits per heavy atom. The van der Waals surface area contributed by atoms with Gasteiger partial charge in [-0.1, -0.05) is 20.8 Å². The number of halogens is 1. The van der Waals surface area contributed by atoms with Gasteiger partial charge in [0.15, 0.2) is 0 Å².